The second-order valence-corrected chi connectivity index (χ2v) is 14.1. The molecule has 1 aliphatic rings. The molecule has 0 radical (unpaired) electrons. The van der Waals surface area contributed by atoms with Crippen molar-refractivity contribution in [3.05, 3.63) is 60.2 Å². The molecule has 6 atom stereocenters. The van der Waals surface area contributed by atoms with Gasteiger partial charge in [0.25, 0.3) is 12.4 Å². The molecule has 3 amide bonds. The molecule has 1 aliphatic heterocycles. The van der Waals surface area contributed by atoms with Crippen molar-refractivity contribution in [2.75, 3.05) is 6.54 Å². The Morgan fingerprint density at radius 1 is 0.981 bits per heavy atom. The molecule has 15 heteroatoms. The number of hydrogen-bond acceptors (Lipinski definition) is 10. The van der Waals surface area contributed by atoms with Gasteiger partial charge in [-0.2, -0.15) is 8.78 Å². The summed E-state index contributed by atoms with van der Waals surface area (Å²) < 4.78 is 35.9. The third-order valence-corrected chi connectivity index (χ3v) is 9.49. The van der Waals surface area contributed by atoms with E-state index in [0.717, 1.165) is 4.90 Å². The summed E-state index contributed by atoms with van der Waals surface area (Å²) in [6.07, 6.45) is 2.17. The maximum absolute atomic E-state index is 15.4. The number of amides is 3. The molecule has 2 aromatic rings. The maximum Gasteiger partial charge on any atom is 0.381 e. The summed E-state index contributed by atoms with van der Waals surface area (Å²) in [6, 6.07) is 5.06. The Balaban J connectivity index is 1.81. The van der Waals surface area contributed by atoms with Crippen molar-refractivity contribution in [1.29, 1.82) is 0 Å². The first kappa shape index (κ1) is 42.5. The lowest BCUT2D eigenvalue weighted by molar-refractivity contribution is -0.162. The summed E-state index contributed by atoms with van der Waals surface area (Å²) in [5.41, 5.74) is 0.635. The van der Waals surface area contributed by atoms with Crippen LogP contribution in [0.5, 0.6) is 0 Å². The number of alkyl halides is 2. The minimum absolute atomic E-state index is 0.0852. The maximum atomic E-state index is 15.4. The smallest absolute Gasteiger partial charge is 0.381 e. The molecule has 0 unspecified atom stereocenters. The highest BCUT2D eigenvalue weighted by molar-refractivity contribution is 6.09. The molecule has 0 saturated carbocycles. The normalized spacial score (nSPS) is 18.1. The van der Waals surface area contributed by atoms with E-state index in [2.05, 4.69) is 20.6 Å². The van der Waals surface area contributed by atoms with Crippen LogP contribution >= 0.6 is 0 Å². The summed E-state index contributed by atoms with van der Waals surface area (Å²) in [5.74, 6) is -13.6. The molecule has 1 aromatic heterocycles. The van der Waals surface area contributed by atoms with Crippen LogP contribution in [0.25, 0.3) is 0 Å². The average molecular weight is 742 g/mol. The molecule has 1 saturated heterocycles. The number of ketones is 3. The fourth-order valence-electron chi connectivity index (χ4n) is 6.39. The summed E-state index contributed by atoms with van der Waals surface area (Å²) in [4.78, 5) is 101. The first-order chi connectivity index (χ1) is 25.0. The number of Topliss-reactive ketones (excluding diaryl/α,β-unsaturated/α-hetero) is 3. The SMILES string of the molecule is CCC[C@H](CC(=O)[C@@H]1C[C@@H](OC=O)CN1C(=O)[C@@H](NC(=O)[C@@H](CC(=O)c1cnccn1)C(C)C)C(C)C)C(=O)C(F)(F)C(=O)N[C@@H](C)c1ccccc1. The monoisotopic (exact) mass is 741 g/mol. The predicted octanol–water partition coefficient (Wildman–Crippen LogP) is 4.06. The summed E-state index contributed by atoms with van der Waals surface area (Å²) in [7, 11) is 0. The lowest BCUT2D eigenvalue weighted by Gasteiger charge is -2.32. The van der Waals surface area contributed by atoms with Gasteiger partial charge in [0, 0.05) is 43.5 Å². The van der Waals surface area contributed by atoms with Crippen LogP contribution in [-0.4, -0.2) is 87.1 Å². The highest BCUT2D eigenvalue weighted by Gasteiger charge is 2.51. The van der Waals surface area contributed by atoms with E-state index < -0.39 is 89.4 Å². The zero-order valence-electron chi connectivity index (χ0n) is 30.9. The van der Waals surface area contributed by atoms with Crippen molar-refractivity contribution < 1.29 is 47.1 Å². The van der Waals surface area contributed by atoms with Gasteiger partial charge in [-0.3, -0.25) is 38.5 Å². The Morgan fingerprint density at radius 3 is 2.23 bits per heavy atom. The summed E-state index contributed by atoms with van der Waals surface area (Å²) in [5, 5.41) is 4.92. The van der Waals surface area contributed by atoms with Crippen LogP contribution in [0.4, 0.5) is 8.78 Å². The molecule has 13 nitrogen and oxygen atoms in total. The highest BCUT2D eigenvalue weighted by Crippen LogP contribution is 2.31. The molecule has 0 aliphatic carbocycles. The molecule has 0 spiro atoms. The van der Waals surface area contributed by atoms with Crippen molar-refractivity contribution >= 4 is 41.5 Å². The number of nitrogens with one attached hydrogen (secondary N) is 2. The first-order valence-electron chi connectivity index (χ1n) is 17.8. The lowest BCUT2D eigenvalue weighted by atomic mass is 9.87. The van der Waals surface area contributed by atoms with Crippen molar-refractivity contribution in [3.8, 4) is 0 Å². The van der Waals surface area contributed by atoms with Crippen LogP contribution in [0.3, 0.4) is 0 Å². The zero-order valence-corrected chi connectivity index (χ0v) is 30.9. The van der Waals surface area contributed by atoms with E-state index in [1.807, 2.05) is 0 Å². The van der Waals surface area contributed by atoms with Crippen LogP contribution in [-0.2, 0) is 33.5 Å². The molecule has 1 aromatic carbocycles. The number of halogens is 2. The molecule has 2 heterocycles. The molecule has 2 N–H and O–H groups in total. The van der Waals surface area contributed by atoms with E-state index >= 15 is 8.78 Å². The van der Waals surface area contributed by atoms with E-state index in [1.54, 1.807) is 65.0 Å². The van der Waals surface area contributed by atoms with E-state index in [0.29, 0.717) is 5.56 Å². The van der Waals surface area contributed by atoms with Crippen LogP contribution < -0.4 is 10.6 Å². The Labute approximate surface area is 308 Å². The number of carbonyl (C=O) groups is 7. The zero-order chi connectivity index (χ0) is 39.5. The van der Waals surface area contributed by atoms with Gasteiger partial charge < -0.3 is 20.3 Å². The predicted molar refractivity (Wildman–Crippen MR) is 188 cm³/mol. The topological polar surface area (TPSA) is 182 Å². The molecule has 53 heavy (non-hydrogen) atoms. The van der Waals surface area contributed by atoms with E-state index in [9.17, 15) is 33.6 Å². The van der Waals surface area contributed by atoms with Crippen molar-refractivity contribution in [2.45, 2.75) is 104 Å². The Bertz CT molecular complexity index is 1610. The van der Waals surface area contributed by atoms with Crippen molar-refractivity contribution in [3.63, 3.8) is 0 Å². The number of hydrogen-bond donors (Lipinski definition) is 2. The van der Waals surface area contributed by atoms with Crippen molar-refractivity contribution in [1.82, 2.24) is 25.5 Å². The minimum atomic E-state index is -4.45. The van der Waals surface area contributed by atoms with Crippen LogP contribution in [0.15, 0.2) is 48.9 Å². The Hall–Kier alpha value is -4.95. The van der Waals surface area contributed by atoms with Gasteiger partial charge in [0.05, 0.1) is 24.8 Å². The Kier molecular flexibility index (Phi) is 15.4. The van der Waals surface area contributed by atoms with Gasteiger partial charge in [0.1, 0.15) is 17.8 Å². The second-order valence-electron chi connectivity index (χ2n) is 14.1. The molecular weight excluding hydrogens is 692 g/mol. The average Bonchev–Trinajstić information content (AvgIpc) is 3.56. The third-order valence-electron chi connectivity index (χ3n) is 9.49. The van der Waals surface area contributed by atoms with Gasteiger partial charge in [-0.25, -0.2) is 4.98 Å². The fourth-order valence-corrected chi connectivity index (χ4v) is 6.39. The number of ether oxygens (including phenoxy) is 1. The largest absolute Gasteiger partial charge is 0.463 e. The summed E-state index contributed by atoms with van der Waals surface area (Å²) in [6.45, 7) is 9.93. The molecule has 0 bridgehead atoms. The first-order valence-corrected chi connectivity index (χ1v) is 17.8. The van der Waals surface area contributed by atoms with Gasteiger partial charge in [0.15, 0.2) is 11.6 Å². The molecule has 288 valence electrons. The van der Waals surface area contributed by atoms with Crippen LogP contribution in [0, 0.1) is 23.7 Å². The van der Waals surface area contributed by atoms with Gasteiger partial charge in [-0.15, -0.1) is 0 Å². The lowest BCUT2D eigenvalue weighted by Crippen LogP contribution is -2.55. The summed E-state index contributed by atoms with van der Waals surface area (Å²) >= 11 is 0. The third kappa shape index (κ3) is 11.0. The number of aromatic nitrogens is 2. The second kappa shape index (κ2) is 19.2. The highest BCUT2D eigenvalue weighted by atomic mass is 19.3. The number of nitrogens with zero attached hydrogens (tertiary/aromatic N) is 3. The number of likely N-dealkylation sites (tertiary alicyclic amines) is 1. The standard InChI is InChI=1S/C38H49F2N5O8/c1-7-11-26(34(49)38(39,40)37(52)43-24(6)25-12-9-8-10-13-25)16-32(48)30-17-27(53-21-46)20-45(30)36(51)33(23(4)5)44-35(50)28(22(2)3)18-31(47)29-19-41-14-15-42-29/h8-10,12-15,19,21-24,26-28,30,33H,7,11,16-18,20H2,1-6H3,(H,43,52)(H,44,50)/t24-,26+,27+,28-,30-,33-/m0/s1. The van der Waals surface area contributed by atoms with E-state index in [1.165, 1.54) is 25.5 Å². The van der Waals surface area contributed by atoms with Gasteiger partial charge in [0.2, 0.25) is 17.6 Å². The molecule has 1 fully saturated rings. The number of benzene rings is 1. The quantitative estimate of drug-likeness (QED) is 0.114. The van der Waals surface area contributed by atoms with E-state index in [-0.39, 0.29) is 50.3 Å². The Morgan fingerprint density at radius 2 is 1.66 bits per heavy atom. The van der Waals surface area contributed by atoms with Gasteiger partial charge in [-0.1, -0.05) is 71.4 Å². The fraction of sp³-hybridized carbons (Fsp3) is 0.553. The van der Waals surface area contributed by atoms with Crippen LogP contribution in [0.1, 0.15) is 95.7 Å². The van der Waals surface area contributed by atoms with E-state index in [4.69, 9.17) is 4.74 Å². The molecular formula is C38H49F2N5O8. The van der Waals surface area contributed by atoms with Crippen LogP contribution in [0.2, 0.25) is 0 Å². The van der Waals surface area contributed by atoms with Crippen molar-refractivity contribution in [2.24, 2.45) is 23.7 Å². The number of carbonyl (C=O) groups excluding carboxylic acids is 7. The van der Waals surface area contributed by atoms with Gasteiger partial charge in [-0.05, 0) is 30.7 Å². The molecule has 3 rings (SSSR count). The minimum Gasteiger partial charge on any atom is -0.463 e. The number of rotatable bonds is 20. The van der Waals surface area contributed by atoms with Gasteiger partial charge >= 0.3 is 5.92 Å².